The molecule has 0 aromatic heterocycles. The molecule has 7 nitrogen and oxygen atoms in total. The lowest BCUT2D eigenvalue weighted by molar-refractivity contribution is -0.0721. The zero-order chi connectivity index (χ0) is 20.5. The van der Waals surface area contributed by atoms with E-state index in [0.29, 0.717) is 12.2 Å². The summed E-state index contributed by atoms with van der Waals surface area (Å²) in [5, 5.41) is 3.50. The SMILES string of the molecule is CCNC(=NCC(C)(C)N1CCOCC1)N1CCC(OCC2CCCCO2)CC1. The molecule has 3 aliphatic rings. The molecule has 3 aliphatic heterocycles. The molecule has 0 saturated carbocycles. The second-order valence-corrected chi connectivity index (χ2v) is 9.09. The van der Waals surface area contributed by atoms with Gasteiger partial charge in [-0.2, -0.15) is 0 Å². The van der Waals surface area contributed by atoms with Crippen LogP contribution < -0.4 is 5.32 Å². The number of nitrogens with zero attached hydrogens (tertiary/aromatic N) is 3. The van der Waals surface area contributed by atoms with E-state index in [-0.39, 0.29) is 5.54 Å². The van der Waals surface area contributed by atoms with E-state index in [1.165, 1.54) is 12.8 Å². The number of ether oxygens (including phenoxy) is 3. The molecular formula is C22H42N4O3. The van der Waals surface area contributed by atoms with Crippen molar-refractivity contribution >= 4 is 5.96 Å². The van der Waals surface area contributed by atoms with Crippen LogP contribution in [0.3, 0.4) is 0 Å². The summed E-state index contributed by atoms with van der Waals surface area (Å²) in [6.45, 7) is 15.7. The van der Waals surface area contributed by atoms with E-state index < -0.39 is 0 Å². The lowest BCUT2D eigenvalue weighted by Crippen LogP contribution is -2.53. The molecule has 0 spiro atoms. The summed E-state index contributed by atoms with van der Waals surface area (Å²) in [5.74, 6) is 1.04. The number of hydrogen-bond acceptors (Lipinski definition) is 5. The Hall–Kier alpha value is -0.890. The number of guanidine groups is 1. The minimum atomic E-state index is 0.0475. The number of morpholine rings is 1. The Morgan fingerprint density at radius 1 is 1.07 bits per heavy atom. The minimum Gasteiger partial charge on any atom is -0.379 e. The van der Waals surface area contributed by atoms with Crippen LogP contribution in [0.4, 0.5) is 0 Å². The van der Waals surface area contributed by atoms with Gasteiger partial charge in [0.1, 0.15) is 0 Å². The molecule has 3 fully saturated rings. The smallest absolute Gasteiger partial charge is 0.193 e. The van der Waals surface area contributed by atoms with E-state index in [2.05, 4.69) is 35.9 Å². The average molecular weight is 411 g/mol. The number of aliphatic imine (C=N–C) groups is 1. The third kappa shape index (κ3) is 7.09. The van der Waals surface area contributed by atoms with E-state index in [9.17, 15) is 0 Å². The van der Waals surface area contributed by atoms with Gasteiger partial charge in [-0.15, -0.1) is 0 Å². The molecule has 0 aromatic carbocycles. The highest BCUT2D eigenvalue weighted by molar-refractivity contribution is 5.80. The molecule has 0 aromatic rings. The number of rotatable bonds is 7. The van der Waals surface area contributed by atoms with Gasteiger partial charge in [0.15, 0.2) is 5.96 Å². The lowest BCUT2D eigenvalue weighted by Gasteiger charge is -2.40. The molecule has 7 heteroatoms. The summed E-state index contributed by atoms with van der Waals surface area (Å²) in [6, 6.07) is 0. The summed E-state index contributed by atoms with van der Waals surface area (Å²) < 4.78 is 17.5. The summed E-state index contributed by atoms with van der Waals surface area (Å²) in [4.78, 5) is 9.91. The maximum Gasteiger partial charge on any atom is 0.193 e. The minimum absolute atomic E-state index is 0.0475. The Morgan fingerprint density at radius 2 is 1.83 bits per heavy atom. The third-order valence-electron chi connectivity index (χ3n) is 6.35. The van der Waals surface area contributed by atoms with Gasteiger partial charge in [0.05, 0.1) is 38.6 Å². The quantitative estimate of drug-likeness (QED) is 0.512. The van der Waals surface area contributed by atoms with Gasteiger partial charge in [0.2, 0.25) is 0 Å². The van der Waals surface area contributed by atoms with Crippen LogP contribution in [0.2, 0.25) is 0 Å². The first kappa shape index (κ1) is 22.8. The van der Waals surface area contributed by atoms with Crippen molar-refractivity contribution in [1.29, 1.82) is 0 Å². The highest BCUT2D eigenvalue weighted by Crippen LogP contribution is 2.19. The largest absolute Gasteiger partial charge is 0.379 e. The molecule has 0 aliphatic carbocycles. The second-order valence-electron chi connectivity index (χ2n) is 9.09. The van der Waals surface area contributed by atoms with Crippen LogP contribution in [0.1, 0.15) is 52.9 Å². The maximum absolute atomic E-state index is 6.17. The summed E-state index contributed by atoms with van der Waals surface area (Å²) >= 11 is 0. The Labute approximate surface area is 177 Å². The van der Waals surface area contributed by atoms with Crippen LogP contribution in [0.25, 0.3) is 0 Å². The van der Waals surface area contributed by atoms with Crippen LogP contribution in [-0.4, -0.2) is 99.2 Å². The molecule has 1 N–H and O–H groups in total. The molecule has 0 bridgehead atoms. The molecule has 3 saturated heterocycles. The standard InChI is InChI=1S/C22H42N4O3/c1-4-23-21(24-18-22(2,3)26-12-15-27-16-13-26)25-10-8-19(9-11-25)29-17-20-7-5-6-14-28-20/h19-20H,4-18H2,1-3H3,(H,23,24). The molecular weight excluding hydrogens is 368 g/mol. The predicted octanol–water partition coefficient (Wildman–Crippen LogP) is 2.11. The van der Waals surface area contributed by atoms with Crippen molar-refractivity contribution in [2.75, 3.05) is 65.7 Å². The highest BCUT2D eigenvalue weighted by Gasteiger charge is 2.29. The first-order valence-electron chi connectivity index (χ1n) is 11.7. The number of piperidine rings is 1. The van der Waals surface area contributed by atoms with Gasteiger partial charge in [0, 0.05) is 44.9 Å². The summed E-state index contributed by atoms with van der Waals surface area (Å²) in [5.41, 5.74) is 0.0475. The van der Waals surface area contributed by atoms with Crippen molar-refractivity contribution in [2.24, 2.45) is 4.99 Å². The Balaban J connectivity index is 1.46. The van der Waals surface area contributed by atoms with E-state index >= 15 is 0 Å². The lowest BCUT2D eigenvalue weighted by atomic mass is 10.0. The molecule has 168 valence electrons. The van der Waals surface area contributed by atoms with Gasteiger partial charge in [-0.25, -0.2) is 0 Å². The van der Waals surface area contributed by atoms with E-state index in [4.69, 9.17) is 19.2 Å². The van der Waals surface area contributed by atoms with Gasteiger partial charge in [-0.3, -0.25) is 9.89 Å². The van der Waals surface area contributed by atoms with Crippen molar-refractivity contribution in [3.63, 3.8) is 0 Å². The maximum atomic E-state index is 6.17. The van der Waals surface area contributed by atoms with Crippen LogP contribution in [0, 0.1) is 0 Å². The monoisotopic (exact) mass is 410 g/mol. The Bertz CT molecular complexity index is 494. The number of likely N-dealkylation sites (tertiary alicyclic amines) is 1. The zero-order valence-corrected chi connectivity index (χ0v) is 18.8. The third-order valence-corrected chi connectivity index (χ3v) is 6.35. The summed E-state index contributed by atoms with van der Waals surface area (Å²) in [7, 11) is 0. The van der Waals surface area contributed by atoms with Crippen molar-refractivity contribution in [3.8, 4) is 0 Å². The summed E-state index contributed by atoms with van der Waals surface area (Å²) in [6.07, 6.45) is 6.40. The van der Waals surface area contributed by atoms with Crippen molar-refractivity contribution in [1.82, 2.24) is 15.1 Å². The first-order valence-corrected chi connectivity index (χ1v) is 11.7. The van der Waals surface area contributed by atoms with Crippen LogP contribution >= 0.6 is 0 Å². The van der Waals surface area contributed by atoms with Gasteiger partial charge >= 0.3 is 0 Å². The number of nitrogens with one attached hydrogen (secondary N) is 1. The fraction of sp³-hybridized carbons (Fsp3) is 0.955. The van der Waals surface area contributed by atoms with E-state index in [1.807, 2.05) is 0 Å². The van der Waals surface area contributed by atoms with Crippen LogP contribution in [0.15, 0.2) is 4.99 Å². The molecule has 3 heterocycles. The van der Waals surface area contributed by atoms with Crippen molar-refractivity contribution < 1.29 is 14.2 Å². The molecule has 0 amide bonds. The normalized spacial score (nSPS) is 26.0. The zero-order valence-electron chi connectivity index (χ0n) is 18.8. The number of hydrogen-bond donors (Lipinski definition) is 1. The van der Waals surface area contributed by atoms with Crippen LogP contribution in [0.5, 0.6) is 0 Å². The first-order chi connectivity index (χ1) is 14.1. The molecule has 3 rings (SSSR count). The van der Waals surface area contributed by atoms with Crippen molar-refractivity contribution in [3.05, 3.63) is 0 Å². The fourth-order valence-corrected chi connectivity index (χ4v) is 4.38. The van der Waals surface area contributed by atoms with Gasteiger partial charge < -0.3 is 24.4 Å². The Kier molecular flexibility index (Phi) is 9.03. The molecule has 29 heavy (non-hydrogen) atoms. The molecule has 1 unspecified atom stereocenters. The second kappa shape index (κ2) is 11.5. The molecule has 0 radical (unpaired) electrons. The van der Waals surface area contributed by atoms with E-state index in [0.717, 1.165) is 90.9 Å². The van der Waals surface area contributed by atoms with Gasteiger partial charge in [-0.05, 0) is 52.9 Å². The molecule has 1 atom stereocenters. The van der Waals surface area contributed by atoms with Crippen LogP contribution in [-0.2, 0) is 14.2 Å². The predicted molar refractivity (Wildman–Crippen MR) is 117 cm³/mol. The van der Waals surface area contributed by atoms with Gasteiger partial charge in [0.25, 0.3) is 0 Å². The fourth-order valence-electron chi connectivity index (χ4n) is 4.38. The highest BCUT2D eigenvalue weighted by atomic mass is 16.5. The topological polar surface area (TPSA) is 58.6 Å². The Morgan fingerprint density at radius 3 is 2.48 bits per heavy atom. The average Bonchev–Trinajstić information content (AvgIpc) is 2.77. The van der Waals surface area contributed by atoms with E-state index in [1.54, 1.807) is 0 Å². The van der Waals surface area contributed by atoms with Crippen molar-refractivity contribution in [2.45, 2.75) is 70.6 Å². The van der Waals surface area contributed by atoms with Gasteiger partial charge in [-0.1, -0.05) is 0 Å².